The van der Waals surface area contributed by atoms with E-state index in [-0.39, 0.29) is 18.0 Å². The van der Waals surface area contributed by atoms with Gasteiger partial charge >= 0.3 is 0 Å². The Hall–Kier alpha value is -2.09. The molecule has 1 amide bonds. The van der Waals surface area contributed by atoms with Crippen molar-refractivity contribution in [2.24, 2.45) is 0 Å². The van der Waals surface area contributed by atoms with E-state index >= 15 is 0 Å². The monoisotopic (exact) mass is 247 g/mol. The lowest BCUT2D eigenvalue weighted by molar-refractivity contribution is -0.131. The van der Waals surface area contributed by atoms with Gasteiger partial charge in [0, 0.05) is 18.8 Å². The zero-order valence-corrected chi connectivity index (χ0v) is 10.9. The van der Waals surface area contributed by atoms with Crippen LogP contribution in [0.5, 0.6) is 0 Å². The van der Waals surface area contributed by atoms with Gasteiger partial charge in [-0.15, -0.1) is 0 Å². The van der Waals surface area contributed by atoms with Crippen LogP contribution in [0.1, 0.15) is 25.1 Å². The van der Waals surface area contributed by atoms with Crippen molar-refractivity contribution >= 4 is 5.91 Å². The van der Waals surface area contributed by atoms with E-state index in [1.165, 1.54) is 10.6 Å². The Bertz CT molecular complexity index is 536. The zero-order valence-electron chi connectivity index (χ0n) is 10.9. The highest BCUT2D eigenvalue weighted by atomic mass is 16.2. The van der Waals surface area contributed by atoms with E-state index in [0.717, 1.165) is 0 Å². The van der Waals surface area contributed by atoms with Gasteiger partial charge in [0.2, 0.25) is 5.91 Å². The number of carbonyl (C=O) groups excluding carboxylic acids is 1. The third-order valence-electron chi connectivity index (χ3n) is 2.92. The summed E-state index contributed by atoms with van der Waals surface area (Å²) < 4.78 is 1.35. The molecule has 1 aromatic heterocycles. The highest BCUT2D eigenvalue weighted by molar-refractivity contribution is 5.76. The summed E-state index contributed by atoms with van der Waals surface area (Å²) in [7, 11) is 0. The third-order valence-corrected chi connectivity index (χ3v) is 2.92. The first-order valence-corrected chi connectivity index (χ1v) is 5.93. The van der Waals surface area contributed by atoms with Crippen LogP contribution in [0.15, 0.2) is 16.9 Å². The van der Waals surface area contributed by atoms with Gasteiger partial charge in [-0.2, -0.15) is 5.26 Å². The average Bonchev–Trinajstić information content (AvgIpc) is 2.36. The number of pyridine rings is 1. The summed E-state index contributed by atoms with van der Waals surface area (Å²) in [6, 6.07) is 4.99. The predicted molar refractivity (Wildman–Crippen MR) is 68.1 cm³/mol. The number of carbonyl (C=O) groups is 1. The first kappa shape index (κ1) is 14.0. The summed E-state index contributed by atoms with van der Waals surface area (Å²) in [6.45, 7) is 6.74. The lowest BCUT2D eigenvalue weighted by atomic mass is 10.2. The van der Waals surface area contributed by atoms with Gasteiger partial charge in [0.25, 0.3) is 5.56 Å². The number of nitrogens with zero attached hydrogens (tertiary/aromatic N) is 3. The maximum atomic E-state index is 12.0. The van der Waals surface area contributed by atoms with E-state index < -0.39 is 5.56 Å². The molecular formula is C13H17N3O2. The zero-order chi connectivity index (χ0) is 13.7. The minimum Gasteiger partial charge on any atom is -0.342 e. The third kappa shape index (κ3) is 2.77. The van der Waals surface area contributed by atoms with Gasteiger partial charge in [-0.1, -0.05) is 0 Å². The van der Waals surface area contributed by atoms with Gasteiger partial charge in [-0.3, -0.25) is 9.59 Å². The summed E-state index contributed by atoms with van der Waals surface area (Å²) in [5, 5.41) is 8.81. The number of hydrogen-bond donors (Lipinski definition) is 0. The molecule has 0 atom stereocenters. The molecular weight excluding hydrogens is 230 g/mol. The quantitative estimate of drug-likeness (QED) is 0.793. The van der Waals surface area contributed by atoms with Crippen molar-refractivity contribution in [3.05, 3.63) is 33.7 Å². The molecule has 0 aromatic carbocycles. The molecule has 0 radical (unpaired) electrons. The van der Waals surface area contributed by atoms with E-state index in [0.29, 0.717) is 18.8 Å². The minimum atomic E-state index is -0.405. The molecule has 0 aliphatic carbocycles. The molecule has 1 heterocycles. The van der Waals surface area contributed by atoms with Crippen LogP contribution in [0, 0.1) is 18.3 Å². The topological polar surface area (TPSA) is 66.1 Å². The fourth-order valence-electron chi connectivity index (χ4n) is 1.76. The van der Waals surface area contributed by atoms with Crippen LogP contribution < -0.4 is 5.56 Å². The summed E-state index contributed by atoms with van der Waals surface area (Å²) in [4.78, 5) is 25.5. The van der Waals surface area contributed by atoms with E-state index in [1.807, 2.05) is 19.9 Å². The van der Waals surface area contributed by atoms with Crippen molar-refractivity contribution < 1.29 is 4.79 Å². The second-order valence-electron chi connectivity index (χ2n) is 3.96. The Morgan fingerprint density at radius 3 is 2.50 bits per heavy atom. The molecule has 1 aromatic rings. The van der Waals surface area contributed by atoms with Gasteiger partial charge in [0.1, 0.15) is 18.2 Å². The lowest BCUT2D eigenvalue weighted by Crippen LogP contribution is -2.37. The number of aryl methyl sites for hydroxylation is 1. The maximum absolute atomic E-state index is 12.0. The molecule has 5 heteroatoms. The largest absolute Gasteiger partial charge is 0.342 e. The maximum Gasteiger partial charge on any atom is 0.269 e. The standard InChI is InChI=1S/C13H17N3O2/c1-4-15(5-2)12(17)9-16-10(3)6-7-11(8-14)13(16)18/h6-7H,4-5,9H2,1-3H3. The average molecular weight is 247 g/mol. The summed E-state index contributed by atoms with van der Waals surface area (Å²) >= 11 is 0. The van der Waals surface area contributed by atoms with Crippen molar-refractivity contribution in [1.29, 1.82) is 5.26 Å². The van der Waals surface area contributed by atoms with Gasteiger partial charge in [-0.25, -0.2) is 0 Å². The van der Waals surface area contributed by atoms with Crippen molar-refractivity contribution in [2.75, 3.05) is 13.1 Å². The molecule has 0 aliphatic rings. The lowest BCUT2D eigenvalue weighted by Gasteiger charge is -2.20. The molecule has 0 unspecified atom stereocenters. The predicted octanol–water partition coefficient (Wildman–Crippen LogP) is 0.897. The van der Waals surface area contributed by atoms with Crippen LogP contribution in [0.3, 0.4) is 0 Å². The molecule has 0 saturated heterocycles. The van der Waals surface area contributed by atoms with Crippen molar-refractivity contribution in [3.8, 4) is 6.07 Å². The minimum absolute atomic E-state index is 0.0120. The van der Waals surface area contributed by atoms with E-state index in [9.17, 15) is 9.59 Å². The van der Waals surface area contributed by atoms with Gasteiger partial charge in [-0.05, 0) is 32.9 Å². The summed E-state index contributed by atoms with van der Waals surface area (Å²) in [5.74, 6) is -0.111. The Labute approximate surface area is 106 Å². The first-order valence-electron chi connectivity index (χ1n) is 5.93. The number of hydrogen-bond acceptors (Lipinski definition) is 3. The Morgan fingerprint density at radius 2 is 2.00 bits per heavy atom. The molecule has 0 aliphatic heterocycles. The molecule has 0 bridgehead atoms. The number of likely N-dealkylation sites (N-methyl/N-ethyl adjacent to an activating group) is 1. The fourth-order valence-corrected chi connectivity index (χ4v) is 1.76. The first-order chi connectivity index (χ1) is 8.54. The second-order valence-corrected chi connectivity index (χ2v) is 3.96. The smallest absolute Gasteiger partial charge is 0.269 e. The number of nitriles is 1. The van der Waals surface area contributed by atoms with E-state index in [4.69, 9.17) is 5.26 Å². The molecule has 18 heavy (non-hydrogen) atoms. The van der Waals surface area contributed by atoms with E-state index in [2.05, 4.69) is 0 Å². The number of rotatable bonds is 4. The van der Waals surface area contributed by atoms with Crippen molar-refractivity contribution in [1.82, 2.24) is 9.47 Å². The second kappa shape index (κ2) is 6.01. The molecule has 0 N–H and O–H groups in total. The molecule has 1 rings (SSSR count). The number of aromatic nitrogens is 1. The van der Waals surface area contributed by atoms with Crippen LogP contribution >= 0.6 is 0 Å². The van der Waals surface area contributed by atoms with Crippen LogP contribution in [-0.2, 0) is 11.3 Å². The van der Waals surface area contributed by atoms with Gasteiger partial charge < -0.3 is 9.47 Å². The SMILES string of the molecule is CCN(CC)C(=O)Cn1c(C)ccc(C#N)c1=O. The Balaban J connectivity index is 3.09. The normalized spacial score (nSPS) is 9.89. The summed E-state index contributed by atoms with van der Waals surface area (Å²) in [5.41, 5.74) is 0.338. The van der Waals surface area contributed by atoms with E-state index in [1.54, 1.807) is 17.9 Å². The van der Waals surface area contributed by atoms with Crippen molar-refractivity contribution in [2.45, 2.75) is 27.3 Å². The highest BCUT2D eigenvalue weighted by Gasteiger charge is 2.13. The summed E-state index contributed by atoms with van der Waals surface area (Å²) in [6.07, 6.45) is 0. The van der Waals surface area contributed by atoms with Crippen molar-refractivity contribution in [3.63, 3.8) is 0 Å². The van der Waals surface area contributed by atoms with Crippen LogP contribution in [0.2, 0.25) is 0 Å². The van der Waals surface area contributed by atoms with Gasteiger partial charge in [0.05, 0.1) is 0 Å². The molecule has 5 nitrogen and oxygen atoms in total. The molecule has 0 spiro atoms. The molecule has 96 valence electrons. The Kier molecular flexibility index (Phi) is 4.67. The highest BCUT2D eigenvalue weighted by Crippen LogP contribution is 2.00. The fraction of sp³-hybridized carbons (Fsp3) is 0.462. The Morgan fingerprint density at radius 1 is 1.39 bits per heavy atom. The van der Waals surface area contributed by atoms with Crippen LogP contribution in [0.25, 0.3) is 0 Å². The molecule has 0 saturated carbocycles. The van der Waals surface area contributed by atoms with Gasteiger partial charge in [0.15, 0.2) is 0 Å². The molecule has 0 fully saturated rings. The van der Waals surface area contributed by atoms with Crippen LogP contribution in [-0.4, -0.2) is 28.5 Å². The number of amides is 1. The van der Waals surface area contributed by atoms with Crippen LogP contribution in [0.4, 0.5) is 0 Å².